The summed E-state index contributed by atoms with van der Waals surface area (Å²) in [5.41, 5.74) is 2.38. The predicted molar refractivity (Wildman–Crippen MR) is 77.5 cm³/mol. The number of carbonyl (C=O) groups is 1. The Morgan fingerprint density at radius 1 is 1.26 bits per heavy atom. The Hall–Kier alpha value is -1.68. The van der Waals surface area contributed by atoms with Crippen LogP contribution in [0.25, 0.3) is 0 Å². The molecule has 0 saturated heterocycles. The van der Waals surface area contributed by atoms with Crippen LogP contribution in [0.5, 0.6) is 0 Å². The highest BCUT2D eigenvalue weighted by atomic mass is 32.1. The molecular weight excluding hydrogens is 256 g/mol. The average molecular weight is 272 g/mol. The largest absolute Gasteiger partial charge is 0.302 e. The van der Waals surface area contributed by atoms with Crippen molar-refractivity contribution in [2.24, 2.45) is 0 Å². The van der Waals surface area contributed by atoms with Gasteiger partial charge in [-0.25, -0.2) is 4.98 Å². The van der Waals surface area contributed by atoms with Gasteiger partial charge in [-0.3, -0.25) is 4.79 Å². The minimum Gasteiger partial charge on any atom is -0.302 e. The van der Waals surface area contributed by atoms with Gasteiger partial charge in [0, 0.05) is 11.3 Å². The fourth-order valence-electron chi connectivity index (χ4n) is 2.33. The SMILES string of the molecule is O=C(CCc1ccccc1)Nc1nc2c(s1)CCC2. The van der Waals surface area contributed by atoms with E-state index in [-0.39, 0.29) is 5.91 Å². The van der Waals surface area contributed by atoms with Crippen molar-refractivity contribution < 1.29 is 4.79 Å². The predicted octanol–water partition coefficient (Wildman–Crippen LogP) is 3.20. The second-order valence-corrected chi connectivity index (χ2v) is 5.86. The third kappa shape index (κ3) is 3.01. The van der Waals surface area contributed by atoms with E-state index in [1.165, 1.54) is 22.6 Å². The number of rotatable bonds is 4. The maximum atomic E-state index is 11.9. The van der Waals surface area contributed by atoms with Crippen LogP contribution in [-0.2, 0) is 24.1 Å². The monoisotopic (exact) mass is 272 g/mol. The number of fused-ring (bicyclic) bond motifs is 1. The topological polar surface area (TPSA) is 42.0 Å². The maximum Gasteiger partial charge on any atom is 0.226 e. The van der Waals surface area contributed by atoms with E-state index in [0.29, 0.717) is 6.42 Å². The zero-order valence-electron chi connectivity index (χ0n) is 10.7. The zero-order chi connectivity index (χ0) is 13.1. The fourth-order valence-corrected chi connectivity index (χ4v) is 3.39. The lowest BCUT2D eigenvalue weighted by Gasteiger charge is -2.02. The van der Waals surface area contributed by atoms with E-state index in [9.17, 15) is 4.79 Å². The van der Waals surface area contributed by atoms with Gasteiger partial charge in [0.05, 0.1) is 5.69 Å². The highest BCUT2D eigenvalue weighted by Crippen LogP contribution is 2.30. The van der Waals surface area contributed by atoms with Crippen LogP contribution in [0.2, 0.25) is 0 Å². The lowest BCUT2D eigenvalue weighted by molar-refractivity contribution is -0.116. The van der Waals surface area contributed by atoms with Crippen LogP contribution in [0.1, 0.15) is 29.0 Å². The molecule has 3 rings (SSSR count). The van der Waals surface area contributed by atoms with Crippen molar-refractivity contribution in [1.82, 2.24) is 4.98 Å². The molecule has 4 heteroatoms. The van der Waals surface area contributed by atoms with Crippen LogP contribution in [-0.4, -0.2) is 10.9 Å². The van der Waals surface area contributed by atoms with E-state index in [1.807, 2.05) is 30.3 Å². The summed E-state index contributed by atoms with van der Waals surface area (Å²) in [5, 5.41) is 3.68. The number of hydrogen-bond acceptors (Lipinski definition) is 3. The van der Waals surface area contributed by atoms with E-state index in [2.05, 4.69) is 10.3 Å². The number of aryl methyl sites for hydroxylation is 3. The minimum absolute atomic E-state index is 0.0521. The Kier molecular flexibility index (Phi) is 3.60. The first kappa shape index (κ1) is 12.4. The number of anilines is 1. The van der Waals surface area contributed by atoms with Crippen molar-refractivity contribution in [3.05, 3.63) is 46.5 Å². The van der Waals surface area contributed by atoms with Crippen LogP contribution in [0.3, 0.4) is 0 Å². The Balaban J connectivity index is 1.53. The molecule has 3 nitrogen and oxygen atoms in total. The third-order valence-electron chi connectivity index (χ3n) is 3.33. The Morgan fingerprint density at radius 3 is 2.89 bits per heavy atom. The highest BCUT2D eigenvalue weighted by molar-refractivity contribution is 7.15. The number of benzene rings is 1. The van der Waals surface area contributed by atoms with E-state index >= 15 is 0 Å². The molecule has 0 atom stereocenters. The van der Waals surface area contributed by atoms with E-state index in [0.717, 1.165) is 24.4 Å². The molecule has 0 aliphatic heterocycles. The summed E-state index contributed by atoms with van der Waals surface area (Å²) < 4.78 is 0. The number of thiazole rings is 1. The van der Waals surface area contributed by atoms with Crippen LogP contribution >= 0.6 is 11.3 Å². The summed E-state index contributed by atoms with van der Waals surface area (Å²) >= 11 is 1.63. The molecule has 2 aromatic rings. The molecule has 1 aliphatic carbocycles. The van der Waals surface area contributed by atoms with Crippen molar-refractivity contribution in [3.8, 4) is 0 Å². The van der Waals surface area contributed by atoms with Gasteiger partial charge in [0.15, 0.2) is 5.13 Å². The molecule has 0 unspecified atom stereocenters. The van der Waals surface area contributed by atoms with Gasteiger partial charge in [-0.2, -0.15) is 0 Å². The number of hydrogen-bond donors (Lipinski definition) is 1. The number of aromatic nitrogens is 1. The van der Waals surface area contributed by atoms with Crippen molar-refractivity contribution in [2.75, 3.05) is 5.32 Å². The van der Waals surface area contributed by atoms with Crippen molar-refractivity contribution in [3.63, 3.8) is 0 Å². The minimum atomic E-state index is 0.0521. The van der Waals surface area contributed by atoms with Crippen molar-refractivity contribution >= 4 is 22.4 Å². The van der Waals surface area contributed by atoms with Gasteiger partial charge in [0.25, 0.3) is 0 Å². The van der Waals surface area contributed by atoms with Crippen molar-refractivity contribution in [2.45, 2.75) is 32.1 Å². The second-order valence-electron chi connectivity index (χ2n) is 4.78. The average Bonchev–Trinajstić information content (AvgIpc) is 2.98. The second kappa shape index (κ2) is 5.53. The smallest absolute Gasteiger partial charge is 0.226 e. The molecule has 0 bridgehead atoms. The molecule has 0 fully saturated rings. The maximum absolute atomic E-state index is 11.9. The van der Waals surface area contributed by atoms with Gasteiger partial charge in [-0.05, 0) is 31.2 Å². The molecule has 1 aliphatic rings. The van der Waals surface area contributed by atoms with Crippen LogP contribution in [0.15, 0.2) is 30.3 Å². The van der Waals surface area contributed by atoms with Crippen molar-refractivity contribution in [1.29, 1.82) is 0 Å². The molecule has 1 heterocycles. The summed E-state index contributed by atoms with van der Waals surface area (Å²) in [5.74, 6) is 0.0521. The molecule has 98 valence electrons. The van der Waals surface area contributed by atoms with Gasteiger partial charge < -0.3 is 5.32 Å². The fraction of sp³-hybridized carbons (Fsp3) is 0.333. The normalized spacial score (nSPS) is 13.3. The highest BCUT2D eigenvalue weighted by Gasteiger charge is 2.17. The molecule has 1 amide bonds. The summed E-state index contributed by atoms with van der Waals surface area (Å²) in [4.78, 5) is 17.7. The number of nitrogens with one attached hydrogen (secondary N) is 1. The molecule has 1 aromatic heterocycles. The van der Waals surface area contributed by atoms with Gasteiger partial charge in [-0.15, -0.1) is 11.3 Å². The zero-order valence-corrected chi connectivity index (χ0v) is 11.5. The summed E-state index contributed by atoms with van der Waals surface area (Å²) in [6.07, 6.45) is 4.67. The van der Waals surface area contributed by atoms with E-state index < -0.39 is 0 Å². The lowest BCUT2D eigenvalue weighted by Crippen LogP contribution is -2.12. The number of amides is 1. The Bertz CT molecular complexity index is 556. The molecule has 19 heavy (non-hydrogen) atoms. The van der Waals surface area contributed by atoms with E-state index in [4.69, 9.17) is 0 Å². The Morgan fingerprint density at radius 2 is 2.11 bits per heavy atom. The van der Waals surface area contributed by atoms with Crippen LogP contribution in [0, 0.1) is 0 Å². The quantitative estimate of drug-likeness (QED) is 0.928. The third-order valence-corrected chi connectivity index (χ3v) is 4.40. The lowest BCUT2D eigenvalue weighted by atomic mass is 10.1. The molecule has 1 aromatic carbocycles. The summed E-state index contributed by atoms with van der Waals surface area (Å²) in [7, 11) is 0. The molecule has 0 radical (unpaired) electrons. The number of nitrogens with zero attached hydrogens (tertiary/aromatic N) is 1. The van der Waals surface area contributed by atoms with Gasteiger partial charge >= 0.3 is 0 Å². The first-order valence-electron chi connectivity index (χ1n) is 6.63. The van der Waals surface area contributed by atoms with Gasteiger partial charge in [0.1, 0.15) is 0 Å². The first-order chi connectivity index (χ1) is 9.31. The summed E-state index contributed by atoms with van der Waals surface area (Å²) in [6, 6.07) is 10.1. The molecule has 0 saturated carbocycles. The Labute approximate surface area is 116 Å². The van der Waals surface area contributed by atoms with Crippen LogP contribution < -0.4 is 5.32 Å². The first-order valence-corrected chi connectivity index (χ1v) is 7.45. The standard InChI is InChI=1S/C15H16N2OS/c18-14(10-9-11-5-2-1-3-6-11)17-15-16-12-7-4-8-13(12)19-15/h1-3,5-6H,4,7-10H2,(H,16,17,18). The molecular formula is C15H16N2OS. The molecule has 0 spiro atoms. The number of carbonyl (C=O) groups excluding carboxylic acids is 1. The van der Waals surface area contributed by atoms with E-state index in [1.54, 1.807) is 11.3 Å². The van der Waals surface area contributed by atoms with Gasteiger partial charge in [-0.1, -0.05) is 30.3 Å². The molecule has 1 N–H and O–H groups in total. The van der Waals surface area contributed by atoms with Gasteiger partial charge in [0.2, 0.25) is 5.91 Å². The summed E-state index contributed by atoms with van der Waals surface area (Å²) in [6.45, 7) is 0. The van der Waals surface area contributed by atoms with Crippen LogP contribution in [0.4, 0.5) is 5.13 Å².